The number of unbranched alkanes of at least 4 members (excludes halogenated alkanes) is 1. The Balaban J connectivity index is 1.29. The first kappa shape index (κ1) is 36.1. The molecule has 1 amide bonds. The maximum atomic E-state index is 13.9. The molecule has 0 saturated carbocycles. The number of amides is 1. The molecule has 2 aromatic carbocycles. The number of nitrogens with zero attached hydrogens (tertiary/aromatic N) is 2. The first-order valence-corrected chi connectivity index (χ1v) is 18.1. The van der Waals surface area contributed by atoms with E-state index in [-0.39, 0.29) is 55.9 Å². The third-order valence-electron chi connectivity index (χ3n) is 8.60. The lowest BCUT2D eigenvalue weighted by atomic mass is 10.0. The SMILES string of the molecule is CC(C)CN(C[C@@H](O)[C@H](Cc1ccc(OCCCCN(C)C)cc1)NC(=O)OC1COC2OCCC12)S(=O)(=O)c1ccc2c(c1)OCO2. The van der Waals surface area contributed by atoms with Gasteiger partial charge >= 0.3 is 6.09 Å². The molecule has 2 fully saturated rings. The topological polar surface area (TPSA) is 145 Å². The summed E-state index contributed by atoms with van der Waals surface area (Å²) in [5.41, 5.74) is 0.821. The quantitative estimate of drug-likeness (QED) is 0.236. The van der Waals surface area contributed by atoms with E-state index < -0.39 is 34.4 Å². The highest BCUT2D eigenvalue weighted by Crippen LogP contribution is 2.35. The summed E-state index contributed by atoms with van der Waals surface area (Å²) in [6, 6.07) is 11.0. The minimum atomic E-state index is -4.06. The van der Waals surface area contributed by atoms with Crippen molar-refractivity contribution in [3.63, 3.8) is 0 Å². The predicted molar refractivity (Wildman–Crippen MR) is 177 cm³/mol. The second-order valence-corrected chi connectivity index (χ2v) is 15.2. The summed E-state index contributed by atoms with van der Waals surface area (Å²) in [5.74, 6) is 1.44. The van der Waals surface area contributed by atoms with Gasteiger partial charge in [0.2, 0.25) is 16.8 Å². The average Bonchev–Trinajstić information content (AvgIpc) is 3.79. The van der Waals surface area contributed by atoms with Gasteiger partial charge in [0, 0.05) is 19.2 Å². The average molecular weight is 692 g/mol. The van der Waals surface area contributed by atoms with E-state index in [1.54, 1.807) is 6.07 Å². The van der Waals surface area contributed by atoms with E-state index in [9.17, 15) is 18.3 Å². The lowest BCUT2D eigenvalue weighted by Crippen LogP contribution is -2.51. The number of hydrogen-bond donors (Lipinski definition) is 2. The molecular weight excluding hydrogens is 642 g/mol. The molecule has 3 heterocycles. The van der Waals surface area contributed by atoms with Gasteiger partial charge in [0.15, 0.2) is 17.8 Å². The first-order valence-electron chi connectivity index (χ1n) is 16.6. The molecule has 0 bridgehead atoms. The molecule has 2 saturated heterocycles. The van der Waals surface area contributed by atoms with Gasteiger partial charge in [-0.15, -0.1) is 0 Å². The van der Waals surface area contributed by atoms with Crippen molar-refractivity contribution in [2.45, 2.75) is 69.0 Å². The number of hydrogen-bond acceptors (Lipinski definition) is 11. The number of fused-ring (bicyclic) bond motifs is 2. The lowest BCUT2D eigenvalue weighted by molar-refractivity contribution is -0.0907. The molecule has 14 heteroatoms. The highest BCUT2D eigenvalue weighted by molar-refractivity contribution is 7.89. The van der Waals surface area contributed by atoms with Crippen LogP contribution in [-0.2, 0) is 30.7 Å². The van der Waals surface area contributed by atoms with E-state index >= 15 is 0 Å². The molecule has 48 heavy (non-hydrogen) atoms. The van der Waals surface area contributed by atoms with E-state index in [1.807, 2.05) is 52.2 Å². The van der Waals surface area contributed by atoms with Crippen molar-refractivity contribution >= 4 is 16.1 Å². The second kappa shape index (κ2) is 16.5. The van der Waals surface area contributed by atoms with Gasteiger partial charge in [-0.1, -0.05) is 26.0 Å². The van der Waals surface area contributed by atoms with Crippen LogP contribution in [0.15, 0.2) is 47.4 Å². The summed E-state index contributed by atoms with van der Waals surface area (Å²) in [7, 11) is 0.0308. The predicted octanol–water partition coefficient (Wildman–Crippen LogP) is 3.24. The summed E-state index contributed by atoms with van der Waals surface area (Å²) >= 11 is 0. The number of benzene rings is 2. The van der Waals surface area contributed by atoms with Crippen LogP contribution in [0.2, 0.25) is 0 Å². The number of aliphatic hydroxyl groups is 1. The molecule has 3 unspecified atom stereocenters. The fraction of sp³-hybridized carbons (Fsp3) is 0.618. The molecule has 266 valence electrons. The van der Waals surface area contributed by atoms with Crippen LogP contribution >= 0.6 is 0 Å². The third kappa shape index (κ3) is 9.51. The molecule has 2 N–H and O–H groups in total. The number of alkyl carbamates (subject to hydrolysis) is 1. The van der Waals surface area contributed by atoms with Crippen LogP contribution in [0.4, 0.5) is 4.79 Å². The van der Waals surface area contributed by atoms with Gasteiger partial charge in [-0.25, -0.2) is 13.2 Å². The first-order chi connectivity index (χ1) is 23.0. The molecule has 2 aromatic rings. The fourth-order valence-electron chi connectivity index (χ4n) is 6.05. The Labute approximate surface area is 283 Å². The molecule has 0 spiro atoms. The molecule has 3 aliphatic rings. The van der Waals surface area contributed by atoms with Gasteiger partial charge in [0.1, 0.15) is 11.9 Å². The smallest absolute Gasteiger partial charge is 0.407 e. The number of carbonyl (C=O) groups excluding carboxylic acids is 1. The lowest BCUT2D eigenvalue weighted by Gasteiger charge is -2.31. The van der Waals surface area contributed by atoms with Gasteiger partial charge in [-0.05, 0) is 82.1 Å². The van der Waals surface area contributed by atoms with Crippen molar-refractivity contribution < 1.29 is 46.7 Å². The van der Waals surface area contributed by atoms with Gasteiger partial charge in [-0.3, -0.25) is 0 Å². The van der Waals surface area contributed by atoms with E-state index in [2.05, 4.69) is 10.2 Å². The summed E-state index contributed by atoms with van der Waals surface area (Å²) < 4.78 is 62.6. The van der Waals surface area contributed by atoms with Crippen molar-refractivity contribution in [3.8, 4) is 17.2 Å². The number of sulfonamides is 1. The molecule has 0 radical (unpaired) electrons. The van der Waals surface area contributed by atoms with Crippen LogP contribution in [0, 0.1) is 11.8 Å². The number of aliphatic hydroxyl groups excluding tert-OH is 1. The summed E-state index contributed by atoms with van der Waals surface area (Å²) in [6.45, 7) is 6.06. The molecule has 3 aliphatic heterocycles. The molecule has 0 aliphatic carbocycles. The van der Waals surface area contributed by atoms with Crippen molar-refractivity contribution in [1.29, 1.82) is 0 Å². The minimum absolute atomic E-state index is 0.0159. The molecule has 13 nitrogen and oxygen atoms in total. The minimum Gasteiger partial charge on any atom is -0.494 e. The standard InChI is InChI=1S/C34H49N3O10S/c1-23(2)19-37(48(40,41)26-11-12-30-31(18-26)46-22-45-30)20-29(38)28(35-34(39)47-32-21-44-33-27(32)13-16-43-33)17-24-7-9-25(10-8-24)42-15-6-5-14-36(3)4/h7-12,18,23,27-29,32-33,38H,5-6,13-17,19-22H2,1-4H3,(H,35,39)/t27?,28-,29+,32?,33?/m0/s1. The number of ether oxygens (including phenoxy) is 6. The normalized spacial score (nSPS) is 21.5. The second-order valence-electron chi connectivity index (χ2n) is 13.2. The van der Waals surface area contributed by atoms with E-state index in [4.69, 9.17) is 28.4 Å². The van der Waals surface area contributed by atoms with E-state index in [0.717, 1.165) is 37.1 Å². The summed E-state index contributed by atoms with van der Waals surface area (Å²) in [4.78, 5) is 15.4. The zero-order chi connectivity index (χ0) is 34.3. The fourth-order valence-corrected chi connectivity index (χ4v) is 7.69. The Bertz CT molecular complexity index is 1460. The molecule has 5 rings (SSSR count). The molecule has 0 aromatic heterocycles. The van der Waals surface area contributed by atoms with Crippen molar-refractivity contribution in [2.75, 3.05) is 60.3 Å². The Morgan fingerprint density at radius 2 is 1.81 bits per heavy atom. The molecule has 5 atom stereocenters. The third-order valence-corrected chi connectivity index (χ3v) is 10.4. The highest BCUT2D eigenvalue weighted by atomic mass is 32.2. The number of carbonyl (C=O) groups is 1. The van der Waals surface area contributed by atoms with Crippen LogP contribution < -0.4 is 19.5 Å². The summed E-state index contributed by atoms with van der Waals surface area (Å²) in [6.07, 6.45) is 0.0449. The highest BCUT2D eigenvalue weighted by Gasteiger charge is 2.44. The molecular formula is C34H49N3O10S. The van der Waals surface area contributed by atoms with Crippen molar-refractivity contribution in [3.05, 3.63) is 48.0 Å². The van der Waals surface area contributed by atoms with Crippen LogP contribution in [0.1, 0.15) is 38.7 Å². The zero-order valence-electron chi connectivity index (χ0n) is 28.2. The largest absolute Gasteiger partial charge is 0.494 e. The Morgan fingerprint density at radius 3 is 2.56 bits per heavy atom. The van der Waals surface area contributed by atoms with Gasteiger partial charge in [0.05, 0.1) is 42.8 Å². The van der Waals surface area contributed by atoms with Crippen molar-refractivity contribution in [1.82, 2.24) is 14.5 Å². The number of rotatable bonds is 17. The van der Waals surface area contributed by atoms with Crippen molar-refractivity contribution in [2.24, 2.45) is 11.8 Å². The number of nitrogens with one attached hydrogen (secondary N) is 1. The monoisotopic (exact) mass is 691 g/mol. The Hall–Kier alpha value is -3.14. The van der Waals surface area contributed by atoms with Crippen LogP contribution in [-0.4, -0.2) is 114 Å². The van der Waals surface area contributed by atoms with Gasteiger partial charge in [0.25, 0.3) is 0 Å². The van der Waals surface area contributed by atoms with Gasteiger partial charge < -0.3 is 43.7 Å². The maximum Gasteiger partial charge on any atom is 0.407 e. The Kier molecular flexibility index (Phi) is 12.4. The maximum absolute atomic E-state index is 13.9. The Morgan fingerprint density at radius 1 is 1.04 bits per heavy atom. The van der Waals surface area contributed by atoms with E-state index in [0.29, 0.717) is 24.7 Å². The van der Waals surface area contributed by atoms with Crippen LogP contribution in [0.5, 0.6) is 17.2 Å². The zero-order valence-corrected chi connectivity index (χ0v) is 29.0. The summed E-state index contributed by atoms with van der Waals surface area (Å²) in [5, 5.41) is 14.5. The van der Waals surface area contributed by atoms with Crippen LogP contribution in [0.25, 0.3) is 0 Å². The van der Waals surface area contributed by atoms with Gasteiger partial charge in [-0.2, -0.15) is 4.31 Å². The van der Waals surface area contributed by atoms with Crippen LogP contribution in [0.3, 0.4) is 0 Å². The van der Waals surface area contributed by atoms with E-state index in [1.165, 1.54) is 16.4 Å².